The molecule has 3 heteroatoms. The SMILES string of the molecule is CN1[C@@H]2CC[C@H]1C[C@H](Oc1cccc(C#N)c1)C2. The molecule has 0 spiro atoms. The quantitative estimate of drug-likeness (QED) is 0.799. The maximum Gasteiger partial charge on any atom is 0.121 e. The second kappa shape index (κ2) is 4.62. The lowest BCUT2D eigenvalue weighted by Crippen LogP contribution is -2.43. The third-order valence-corrected chi connectivity index (χ3v) is 4.32. The van der Waals surface area contributed by atoms with E-state index in [1.54, 1.807) is 0 Å². The van der Waals surface area contributed by atoms with Gasteiger partial charge in [0.15, 0.2) is 0 Å². The zero-order chi connectivity index (χ0) is 12.5. The maximum atomic E-state index is 8.88. The van der Waals surface area contributed by atoms with Gasteiger partial charge < -0.3 is 9.64 Å². The van der Waals surface area contributed by atoms with E-state index in [1.165, 1.54) is 12.8 Å². The molecule has 0 aliphatic carbocycles. The van der Waals surface area contributed by atoms with E-state index in [9.17, 15) is 0 Å². The Morgan fingerprint density at radius 3 is 2.67 bits per heavy atom. The molecule has 1 aromatic carbocycles. The summed E-state index contributed by atoms with van der Waals surface area (Å²) < 4.78 is 6.05. The van der Waals surface area contributed by atoms with Crippen molar-refractivity contribution in [3.63, 3.8) is 0 Å². The average Bonchev–Trinajstić information content (AvgIpc) is 2.62. The molecule has 3 nitrogen and oxygen atoms in total. The average molecular weight is 242 g/mol. The van der Waals surface area contributed by atoms with Crippen LogP contribution in [0, 0.1) is 11.3 Å². The van der Waals surface area contributed by atoms with Crippen molar-refractivity contribution in [2.75, 3.05) is 7.05 Å². The van der Waals surface area contributed by atoms with Crippen LogP contribution in [0.2, 0.25) is 0 Å². The zero-order valence-corrected chi connectivity index (χ0v) is 10.7. The Hall–Kier alpha value is -1.53. The molecule has 2 saturated heterocycles. The molecule has 0 N–H and O–H groups in total. The summed E-state index contributed by atoms with van der Waals surface area (Å²) in [7, 11) is 2.23. The fourth-order valence-electron chi connectivity index (χ4n) is 3.29. The highest BCUT2D eigenvalue weighted by atomic mass is 16.5. The van der Waals surface area contributed by atoms with Crippen LogP contribution in [0.1, 0.15) is 31.2 Å². The van der Waals surface area contributed by atoms with Crippen LogP contribution >= 0.6 is 0 Å². The first-order valence-electron chi connectivity index (χ1n) is 6.65. The lowest BCUT2D eigenvalue weighted by molar-refractivity contribution is 0.0661. The Bertz CT molecular complexity index is 466. The number of benzene rings is 1. The van der Waals surface area contributed by atoms with Gasteiger partial charge in [-0.15, -0.1) is 0 Å². The van der Waals surface area contributed by atoms with Gasteiger partial charge in [0.2, 0.25) is 0 Å². The number of piperidine rings is 1. The van der Waals surface area contributed by atoms with Gasteiger partial charge in [0, 0.05) is 12.1 Å². The molecule has 0 aromatic heterocycles. The maximum absolute atomic E-state index is 8.88. The molecule has 3 atom stereocenters. The topological polar surface area (TPSA) is 36.3 Å². The molecule has 1 aromatic rings. The molecule has 2 aliphatic heterocycles. The summed E-state index contributed by atoms with van der Waals surface area (Å²) in [4.78, 5) is 2.51. The second-order valence-corrected chi connectivity index (χ2v) is 5.40. The second-order valence-electron chi connectivity index (χ2n) is 5.40. The van der Waals surface area contributed by atoms with Crippen molar-refractivity contribution in [1.82, 2.24) is 4.90 Å². The van der Waals surface area contributed by atoms with Gasteiger partial charge in [-0.3, -0.25) is 0 Å². The Morgan fingerprint density at radius 2 is 2.00 bits per heavy atom. The number of nitrogens with zero attached hydrogens (tertiary/aromatic N) is 2. The standard InChI is InChI=1S/C15H18N2O/c1-17-12-5-6-13(17)9-15(8-12)18-14-4-2-3-11(7-14)10-16/h2-4,7,12-13,15H,5-6,8-9H2,1H3/t12-,13+,15-. The highest BCUT2D eigenvalue weighted by Crippen LogP contribution is 2.35. The Kier molecular flexibility index (Phi) is 2.97. The largest absolute Gasteiger partial charge is 0.490 e. The first kappa shape index (κ1) is 11.6. The van der Waals surface area contributed by atoms with Crippen LogP contribution in [0.5, 0.6) is 5.75 Å². The predicted octanol–water partition coefficient (Wildman–Crippen LogP) is 2.56. The monoisotopic (exact) mass is 242 g/mol. The minimum Gasteiger partial charge on any atom is -0.490 e. The molecular formula is C15H18N2O. The van der Waals surface area contributed by atoms with Gasteiger partial charge in [0.1, 0.15) is 11.9 Å². The molecule has 2 bridgehead atoms. The molecule has 0 saturated carbocycles. The van der Waals surface area contributed by atoms with Crippen LogP contribution < -0.4 is 4.74 Å². The Labute approximate surface area is 108 Å². The van der Waals surface area contributed by atoms with Crippen molar-refractivity contribution >= 4 is 0 Å². The minimum absolute atomic E-state index is 0.313. The van der Waals surface area contributed by atoms with Crippen molar-refractivity contribution in [3.05, 3.63) is 29.8 Å². The highest BCUT2D eigenvalue weighted by molar-refractivity contribution is 5.36. The zero-order valence-electron chi connectivity index (χ0n) is 10.7. The number of hydrogen-bond donors (Lipinski definition) is 0. The molecule has 0 unspecified atom stereocenters. The number of fused-ring (bicyclic) bond motifs is 2. The summed E-state index contributed by atoms with van der Waals surface area (Å²) in [5, 5.41) is 8.88. The fourth-order valence-corrected chi connectivity index (χ4v) is 3.29. The van der Waals surface area contributed by atoms with Gasteiger partial charge in [-0.1, -0.05) is 6.07 Å². The smallest absolute Gasteiger partial charge is 0.121 e. The van der Waals surface area contributed by atoms with Crippen LogP contribution in [-0.4, -0.2) is 30.1 Å². The van der Waals surface area contributed by atoms with Crippen LogP contribution in [-0.2, 0) is 0 Å². The third kappa shape index (κ3) is 2.09. The number of ether oxygens (including phenoxy) is 1. The van der Waals surface area contributed by atoms with Crippen LogP contribution in [0.15, 0.2) is 24.3 Å². The summed E-state index contributed by atoms with van der Waals surface area (Å²) in [6, 6.07) is 11.0. The normalized spacial score (nSPS) is 31.0. The molecule has 18 heavy (non-hydrogen) atoms. The van der Waals surface area contributed by atoms with E-state index in [1.807, 2.05) is 24.3 Å². The number of rotatable bonds is 2. The van der Waals surface area contributed by atoms with Crippen LogP contribution in [0.3, 0.4) is 0 Å². The first-order valence-corrected chi connectivity index (χ1v) is 6.65. The van der Waals surface area contributed by atoms with Crippen molar-refractivity contribution in [3.8, 4) is 11.8 Å². The molecule has 2 aliphatic rings. The summed E-state index contributed by atoms with van der Waals surface area (Å²) in [5.41, 5.74) is 0.670. The molecular weight excluding hydrogens is 224 g/mol. The van der Waals surface area contributed by atoms with Crippen molar-refractivity contribution in [2.24, 2.45) is 0 Å². The van der Waals surface area contributed by atoms with Crippen LogP contribution in [0.4, 0.5) is 0 Å². The van der Waals surface area contributed by atoms with E-state index in [0.29, 0.717) is 23.8 Å². The molecule has 2 fully saturated rings. The number of nitriles is 1. The van der Waals surface area contributed by atoms with Gasteiger partial charge in [0.05, 0.1) is 11.6 Å². The highest BCUT2D eigenvalue weighted by Gasteiger charge is 2.39. The van der Waals surface area contributed by atoms with E-state index < -0.39 is 0 Å². The van der Waals surface area contributed by atoms with E-state index in [0.717, 1.165) is 18.6 Å². The summed E-state index contributed by atoms with van der Waals surface area (Å²) in [6.45, 7) is 0. The lowest BCUT2D eigenvalue weighted by atomic mass is 10.0. The first-order chi connectivity index (χ1) is 8.76. The molecule has 0 amide bonds. The van der Waals surface area contributed by atoms with Gasteiger partial charge in [0.25, 0.3) is 0 Å². The lowest BCUT2D eigenvalue weighted by Gasteiger charge is -2.36. The summed E-state index contributed by atoms with van der Waals surface area (Å²) in [6.07, 6.45) is 5.15. The summed E-state index contributed by atoms with van der Waals surface area (Å²) >= 11 is 0. The summed E-state index contributed by atoms with van der Waals surface area (Å²) in [5.74, 6) is 0.836. The van der Waals surface area contributed by atoms with Gasteiger partial charge in [-0.25, -0.2) is 0 Å². The molecule has 3 rings (SSSR count). The van der Waals surface area contributed by atoms with E-state index in [-0.39, 0.29) is 0 Å². The Morgan fingerprint density at radius 1 is 1.28 bits per heavy atom. The van der Waals surface area contributed by atoms with E-state index >= 15 is 0 Å². The van der Waals surface area contributed by atoms with Gasteiger partial charge >= 0.3 is 0 Å². The van der Waals surface area contributed by atoms with Crippen LogP contribution in [0.25, 0.3) is 0 Å². The van der Waals surface area contributed by atoms with Crippen molar-refractivity contribution in [2.45, 2.75) is 43.9 Å². The number of hydrogen-bond acceptors (Lipinski definition) is 3. The third-order valence-electron chi connectivity index (χ3n) is 4.32. The van der Waals surface area contributed by atoms with E-state index in [2.05, 4.69) is 18.0 Å². The minimum atomic E-state index is 0.313. The molecule has 2 heterocycles. The van der Waals surface area contributed by atoms with E-state index in [4.69, 9.17) is 10.00 Å². The van der Waals surface area contributed by atoms with Crippen molar-refractivity contribution in [1.29, 1.82) is 5.26 Å². The predicted molar refractivity (Wildman–Crippen MR) is 69.4 cm³/mol. The molecule has 94 valence electrons. The van der Waals surface area contributed by atoms with Gasteiger partial charge in [-0.05, 0) is 50.9 Å². The molecule has 0 radical (unpaired) electrons. The fraction of sp³-hybridized carbons (Fsp3) is 0.533. The Balaban J connectivity index is 1.69. The van der Waals surface area contributed by atoms with Crippen molar-refractivity contribution < 1.29 is 4.74 Å². The van der Waals surface area contributed by atoms with Gasteiger partial charge in [-0.2, -0.15) is 5.26 Å².